The van der Waals surface area contributed by atoms with E-state index in [0.717, 1.165) is 47.6 Å². The highest BCUT2D eigenvalue weighted by Crippen LogP contribution is 2.27. The average Bonchev–Trinajstić information content (AvgIpc) is 3.44. The lowest BCUT2D eigenvalue weighted by Crippen LogP contribution is -2.41. The maximum Gasteiger partial charge on any atom is 0.321 e. The number of aromatic nitrogens is 3. The highest BCUT2D eigenvalue weighted by molar-refractivity contribution is 5.89. The minimum absolute atomic E-state index is 0.0598. The molecule has 0 aliphatic carbocycles. The number of anilines is 1. The van der Waals surface area contributed by atoms with E-state index in [1.807, 2.05) is 82.5 Å². The average molecular weight is 385 g/mol. The van der Waals surface area contributed by atoms with Gasteiger partial charge in [0.25, 0.3) is 0 Å². The number of hydrogen-bond acceptors (Lipinski definition) is 2. The molecule has 2 aromatic heterocycles. The number of nitrogens with zero attached hydrogens (tertiary/aromatic N) is 3. The third-order valence-electron chi connectivity index (χ3n) is 5.50. The van der Waals surface area contributed by atoms with Crippen molar-refractivity contribution in [2.45, 2.75) is 18.8 Å². The normalized spacial score (nSPS) is 16.8. The number of para-hydroxylation sites is 2. The first-order chi connectivity index (χ1) is 14.3. The summed E-state index contributed by atoms with van der Waals surface area (Å²) in [5.74, 6) is 1.20. The van der Waals surface area contributed by atoms with Gasteiger partial charge in [0.15, 0.2) is 0 Å². The minimum atomic E-state index is -0.0598. The smallest absolute Gasteiger partial charge is 0.321 e. The molecule has 0 spiro atoms. The largest absolute Gasteiger partial charge is 0.342 e. The fourth-order valence-corrected chi connectivity index (χ4v) is 4.00. The number of rotatable bonds is 3. The van der Waals surface area contributed by atoms with Crippen LogP contribution in [0, 0.1) is 0 Å². The number of fused-ring (bicyclic) bond motifs is 1. The molecule has 0 radical (unpaired) electrons. The number of piperidine rings is 1. The van der Waals surface area contributed by atoms with Crippen molar-refractivity contribution in [3.63, 3.8) is 0 Å². The van der Waals surface area contributed by atoms with Crippen LogP contribution >= 0.6 is 0 Å². The van der Waals surface area contributed by atoms with E-state index < -0.39 is 0 Å². The number of carbonyl (C=O) groups excluding carboxylic acids is 1. The molecule has 6 heteroatoms. The maximum absolute atomic E-state index is 12.9. The number of amides is 2. The van der Waals surface area contributed by atoms with E-state index in [-0.39, 0.29) is 11.9 Å². The summed E-state index contributed by atoms with van der Waals surface area (Å²) in [6.07, 6.45) is 5.98. The molecule has 1 aliphatic rings. The summed E-state index contributed by atoms with van der Waals surface area (Å²) in [4.78, 5) is 22.9. The molecule has 146 valence electrons. The van der Waals surface area contributed by atoms with Gasteiger partial charge in [-0.25, -0.2) is 9.78 Å². The molecule has 2 amide bonds. The number of hydrogen-bond donors (Lipinski definition) is 2. The summed E-state index contributed by atoms with van der Waals surface area (Å²) in [5, 5.41) is 3.06. The van der Waals surface area contributed by atoms with Gasteiger partial charge in [0.1, 0.15) is 5.82 Å². The molecule has 1 unspecified atom stereocenters. The Bertz CT molecular complexity index is 1100. The molecule has 0 bridgehead atoms. The van der Waals surface area contributed by atoms with Gasteiger partial charge < -0.3 is 19.8 Å². The number of likely N-dealkylation sites (tertiary alicyclic amines) is 1. The van der Waals surface area contributed by atoms with Gasteiger partial charge in [-0.3, -0.25) is 0 Å². The zero-order valence-electron chi connectivity index (χ0n) is 16.1. The van der Waals surface area contributed by atoms with E-state index in [1.165, 1.54) is 0 Å². The number of benzene rings is 2. The maximum atomic E-state index is 12.9. The molecule has 29 heavy (non-hydrogen) atoms. The van der Waals surface area contributed by atoms with E-state index >= 15 is 0 Å². The molecule has 5 rings (SSSR count). The van der Waals surface area contributed by atoms with E-state index in [4.69, 9.17) is 4.98 Å². The van der Waals surface area contributed by atoms with E-state index in [9.17, 15) is 4.79 Å². The first-order valence-corrected chi connectivity index (χ1v) is 10.0. The van der Waals surface area contributed by atoms with Crippen molar-refractivity contribution in [3.05, 3.63) is 78.9 Å². The topological polar surface area (TPSA) is 66.0 Å². The van der Waals surface area contributed by atoms with Crippen molar-refractivity contribution < 1.29 is 4.79 Å². The number of carbonyl (C=O) groups is 1. The van der Waals surface area contributed by atoms with Crippen LogP contribution in [0.25, 0.3) is 16.7 Å². The monoisotopic (exact) mass is 385 g/mol. The van der Waals surface area contributed by atoms with Crippen molar-refractivity contribution in [2.75, 3.05) is 18.4 Å². The Morgan fingerprint density at radius 3 is 2.79 bits per heavy atom. The fourth-order valence-electron chi connectivity index (χ4n) is 4.00. The number of urea groups is 1. The molecule has 2 N–H and O–H groups in total. The van der Waals surface area contributed by atoms with Gasteiger partial charge >= 0.3 is 6.03 Å². The summed E-state index contributed by atoms with van der Waals surface area (Å²) in [6.45, 7) is 1.43. The highest BCUT2D eigenvalue weighted by Gasteiger charge is 2.26. The standard InChI is InChI=1S/C23H23N5O/c29-23(24-18-8-5-9-19(15-18)27-12-3-4-13-27)28-14-6-7-17(16-28)22-25-20-10-1-2-11-21(20)26-22/h1-5,8-13,15,17H,6-7,14,16H2,(H,24,29)(H,25,26). The SMILES string of the molecule is O=C(Nc1cccc(-n2cccc2)c1)N1CCCC(c2nc3ccccc3[nH]2)C1. The van der Waals surface area contributed by atoms with Crippen molar-refractivity contribution in [2.24, 2.45) is 0 Å². The lowest BCUT2D eigenvalue weighted by atomic mass is 9.97. The Hall–Kier alpha value is -3.54. The number of nitrogens with one attached hydrogen (secondary N) is 2. The predicted molar refractivity (Wildman–Crippen MR) is 114 cm³/mol. The number of aromatic amines is 1. The lowest BCUT2D eigenvalue weighted by molar-refractivity contribution is 0.191. The van der Waals surface area contributed by atoms with Crippen LogP contribution in [0.3, 0.4) is 0 Å². The van der Waals surface area contributed by atoms with Gasteiger partial charge in [-0.15, -0.1) is 0 Å². The Balaban J connectivity index is 1.29. The van der Waals surface area contributed by atoms with Crippen LogP contribution in [0.15, 0.2) is 73.1 Å². The Labute approximate surface area is 169 Å². The van der Waals surface area contributed by atoms with Crippen LogP contribution in [-0.2, 0) is 0 Å². The van der Waals surface area contributed by atoms with Crippen molar-refractivity contribution in [1.82, 2.24) is 19.4 Å². The van der Waals surface area contributed by atoms with Crippen LogP contribution in [0.5, 0.6) is 0 Å². The summed E-state index contributed by atoms with van der Waals surface area (Å²) >= 11 is 0. The van der Waals surface area contributed by atoms with Gasteiger partial charge in [0.05, 0.1) is 11.0 Å². The summed E-state index contributed by atoms with van der Waals surface area (Å²) < 4.78 is 2.02. The van der Waals surface area contributed by atoms with Crippen LogP contribution in [0.2, 0.25) is 0 Å². The Morgan fingerprint density at radius 2 is 1.93 bits per heavy atom. The third kappa shape index (κ3) is 3.61. The molecule has 1 aliphatic heterocycles. The van der Waals surface area contributed by atoms with Gasteiger partial charge in [-0.1, -0.05) is 18.2 Å². The molecule has 1 fully saturated rings. The summed E-state index contributed by atoms with van der Waals surface area (Å²) in [5.41, 5.74) is 3.84. The zero-order chi connectivity index (χ0) is 19.6. The second kappa shape index (κ2) is 7.47. The van der Waals surface area contributed by atoms with Crippen LogP contribution < -0.4 is 5.32 Å². The molecular formula is C23H23N5O. The molecule has 1 saturated heterocycles. The molecule has 1 atom stereocenters. The Morgan fingerprint density at radius 1 is 1.07 bits per heavy atom. The van der Waals surface area contributed by atoms with Gasteiger partial charge in [0, 0.05) is 42.8 Å². The fraction of sp³-hybridized carbons (Fsp3) is 0.217. The molecule has 6 nitrogen and oxygen atoms in total. The number of imidazole rings is 1. The van der Waals surface area contributed by atoms with Crippen LogP contribution in [0.1, 0.15) is 24.6 Å². The highest BCUT2D eigenvalue weighted by atomic mass is 16.2. The molecular weight excluding hydrogens is 362 g/mol. The quantitative estimate of drug-likeness (QED) is 0.534. The molecule has 2 aromatic carbocycles. The van der Waals surface area contributed by atoms with E-state index in [0.29, 0.717) is 6.54 Å². The van der Waals surface area contributed by atoms with Gasteiger partial charge in [0.2, 0.25) is 0 Å². The van der Waals surface area contributed by atoms with E-state index in [2.05, 4.69) is 10.3 Å². The Kier molecular flexibility index (Phi) is 4.52. The van der Waals surface area contributed by atoms with Gasteiger partial charge in [-0.2, -0.15) is 0 Å². The molecule has 4 aromatic rings. The van der Waals surface area contributed by atoms with Crippen molar-refractivity contribution in [1.29, 1.82) is 0 Å². The lowest BCUT2D eigenvalue weighted by Gasteiger charge is -2.31. The summed E-state index contributed by atoms with van der Waals surface area (Å²) in [6, 6.07) is 19.8. The first-order valence-electron chi connectivity index (χ1n) is 10.0. The van der Waals surface area contributed by atoms with Crippen LogP contribution in [-0.4, -0.2) is 38.6 Å². The summed E-state index contributed by atoms with van der Waals surface area (Å²) in [7, 11) is 0. The molecule has 0 saturated carbocycles. The third-order valence-corrected chi connectivity index (χ3v) is 5.50. The van der Waals surface area contributed by atoms with Crippen LogP contribution in [0.4, 0.5) is 10.5 Å². The van der Waals surface area contributed by atoms with Crippen molar-refractivity contribution in [3.8, 4) is 5.69 Å². The minimum Gasteiger partial charge on any atom is -0.342 e. The van der Waals surface area contributed by atoms with E-state index in [1.54, 1.807) is 0 Å². The molecule has 3 heterocycles. The predicted octanol–water partition coefficient (Wildman–Crippen LogP) is 4.77. The first kappa shape index (κ1) is 17.6. The second-order valence-corrected chi connectivity index (χ2v) is 7.50. The van der Waals surface area contributed by atoms with Gasteiger partial charge in [-0.05, 0) is 55.3 Å². The van der Waals surface area contributed by atoms with Crippen molar-refractivity contribution >= 4 is 22.8 Å². The zero-order valence-corrected chi connectivity index (χ0v) is 16.1. The number of H-pyrrole nitrogens is 1. The second-order valence-electron chi connectivity index (χ2n) is 7.50.